The lowest BCUT2D eigenvalue weighted by Crippen LogP contribution is -2.30. The van der Waals surface area contributed by atoms with E-state index in [-0.39, 0.29) is 0 Å². The van der Waals surface area contributed by atoms with Gasteiger partial charge in [-0.3, -0.25) is 0 Å². The van der Waals surface area contributed by atoms with Crippen molar-refractivity contribution in [1.29, 1.82) is 0 Å². The van der Waals surface area contributed by atoms with Gasteiger partial charge in [0.1, 0.15) is 12.4 Å². The van der Waals surface area contributed by atoms with Crippen molar-refractivity contribution in [3.05, 3.63) is 29.8 Å². The molecule has 1 aromatic carbocycles. The minimum atomic E-state index is 0.714. The third kappa shape index (κ3) is 4.04. The number of ether oxygens (including phenoxy) is 1. The van der Waals surface area contributed by atoms with E-state index in [4.69, 9.17) is 4.74 Å². The molecule has 0 heterocycles. The van der Waals surface area contributed by atoms with Gasteiger partial charge in [0.15, 0.2) is 0 Å². The van der Waals surface area contributed by atoms with Crippen molar-refractivity contribution in [1.82, 2.24) is 5.32 Å². The molecule has 0 aromatic heterocycles. The number of aryl methyl sites for hydroxylation is 1. The molecule has 0 aliphatic heterocycles. The van der Waals surface area contributed by atoms with Crippen LogP contribution in [0.2, 0.25) is 0 Å². The molecule has 2 heteroatoms. The summed E-state index contributed by atoms with van der Waals surface area (Å²) >= 11 is 0. The van der Waals surface area contributed by atoms with E-state index in [2.05, 4.69) is 31.3 Å². The molecule has 0 radical (unpaired) electrons. The second-order valence-corrected chi connectivity index (χ2v) is 5.23. The fraction of sp³-hybridized carbons (Fsp3) is 0.600. The molecule has 1 saturated carbocycles. The van der Waals surface area contributed by atoms with Crippen LogP contribution >= 0.6 is 0 Å². The van der Waals surface area contributed by atoms with Crippen molar-refractivity contribution in [3.63, 3.8) is 0 Å². The van der Waals surface area contributed by atoms with Crippen LogP contribution in [0.4, 0.5) is 0 Å². The van der Waals surface area contributed by atoms with Crippen molar-refractivity contribution in [2.45, 2.75) is 39.2 Å². The van der Waals surface area contributed by atoms with E-state index in [1.165, 1.54) is 24.8 Å². The molecule has 0 bridgehead atoms. The number of benzene rings is 1. The fourth-order valence-electron chi connectivity index (χ4n) is 2.53. The van der Waals surface area contributed by atoms with Crippen LogP contribution in [0.15, 0.2) is 24.3 Å². The number of rotatable bonds is 5. The first kappa shape index (κ1) is 12.4. The predicted octanol–water partition coefficient (Wildman–Crippen LogP) is 3.15. The maximum absolute atomic E-state index is 5.71. The van der Waals surface area contributed by atoms with Crippen LogP contribution in [0, 0.1) is 12.8 Å². The molecule has 1 aromatic rings. The maximum atomic E-state index is 5.71. The van der Waals surface area contributed by atoms with E-state index in [9.17, 15) is 0 Å². The molecule has 2 nitrogen and oxygen atoms in total. The lowest BCUT2D eigenvalue weighted by molar-refractivity contribution is 0.304. The Morgan fingerprint density at radius 3 is 2.94 bits per heavy atom. The summed E-state index contributed by atoms with van der Waals surface area (Å²) in [7, 11) is 0. The zero-order valence-electron chi connectivity index (χ0n) is 10.9. The number of hydrogen-bond donors (Lipinski definition) is 1. The smallest absolute Gasteiger partial charge is 0.119 e. The molecule has 0 saturated heterocycles. The molecule has 94 valence electrons. The van der Waals surface area contributed by atoms with E-state index >= 15 is 0 Å². The normalized spacial score (nSPS) is 23.9. The Labute approximate surface area is 104 Å². The minimum Gasteiger partial charge on any atom is -0.492 e. The Bertz CT molecular complexity index is 351. The van der Waals surface area contributed by atoms with Gasteiger partial charge in [-0.1, -0.05) is 19.1 Å². The highest BCUT2D eigenvalue weighted by atomic mass is 16.5. The van der Waals surface area contributed by atoms with Crippen molar-refractivity contribution in [3.8, 4) is 5.75 Å². The zero-order valence-corrected chi connectivity index (χ0v) is 10.9. The highest BCUT2D eigenvalue weighted by Gasteiger charge is 2.20. The van der Waals surface area contributed by atoms with Crippen LogP contribution < -0.4 is 10.1 Å². The average Bonchev–Trinajstić information content (AvgIpc) is 2.71. The Balaban J connectivity index is 1.63. The molecule has 0 amide bonds. The third-order valence-electron chi connectivity index (χ3n) is 3.49. The molecular weight excluding hydrogens is 210 g/mol. The number of nitrogens with one attached hydrogen (secondary N) is 1. The molecule has 1 fully saturated rings. The molecule has 0 spiro atoms. The summed E-state index contributed by atoms with van der Waals surface area (Å²) in [6, 6.07) is 8.94. The highest BCUT2D eigenvalue weighted by molar-refractivity contribution is 5.27. The summed E-state index contributed by atoms with van der Waals surface area (Å²) in [5.74, 6) is 1.87. The molecule has 1 aliphatic carbocycles. The predicted molar refractivity (Wildman–Crippen MR) is 71.5 cm³/mol. The second-order valence-electron chi connectivity index (χ2n) is 5.23. The lowest BCUT2D eigenvalue weighted by atomic mass is 10.1. The van der Waals surface area contributed by atoms with Crippen molar-refractivity contribution < 1.29 is 4.74 Å². The van der Waals surface area contributed by atoms with Gasteiger partial charge in [0.05, 0.1) is 0 Å². The van der Waals surface area contributed by atoms with E-state index in [0.29, 0.717) is 6.04 Å². The molecule has 2 unspecified atom stereocenters. The summed E-state index contributed by atoms with van der Waals surface area (Å²) in [6.45, 7) is 6.13. The molecule has 17 heavy (non-hydrogen) atoms. The van der Waals surface area contributed by atoms with Crippen LogP contribution in [0.25, 0.3) is 0 Å². The van der Waals surface area contributed by atoms with Gasteiger partial charge in [0, 0.05) is 12.6 Å². The summed E-state index contributed by atoms with van der Waals surface area (Å²) in [4.78, 5) is 0. The van der Waals surface area contributed by atoms with Gasteiger partial charge in [-0.25, -0.2) is 0 Å². The standard InChI is InChI=1S/C15H23NO/c1-12-4-3-5-15(11-12)17-9-8-16-14-7-6-13(2)10-14/h3-5,11,13-14,16H,6-10H2,1-2H3. The maximum Gasteiger partial charge on any atom is 0.119 e. The van der Waals surface area contributed by atoms with Crippen molar-refractivity contribution in [2.75, 3.05) is 13.2 Å². The van der Waals surface area contributed by atoms with Crippen molar-refractivity contribution >= 4 is 0 Å². The third-order valence-corrected chi connectivity index (χ3v) is 3.49. The van der Waals surface area contributed by atoms with Crippen LogP contribution in [-0.2, 0) is 0 Å². The Kier molecular flexibility index (Phi) is 4.43. The Morgan fingerprint density at radius 1 is 1.35 bits per heavy atom. The first-order valence-corrected chi connectivity index (χ1v) is 6.67. The molecule has 1 N–H and O–H groups in total. The van der Waals surface area contributed by atoms with E-state index in [1.807, 2.05) is 12.1 Å². The van der Waals surface area contributed by atoms with Crippen molar-refractivity contribution in [2.24, 2.45) is 5.92 Å². The van der Waals surface area contributed by atoms with Crippen LogP contribution in [0.5, 0.6) is 5.75 Å². The average molecular weight is 233 g/mol. The summed E-state index contributed by atoms with van der Waals surface area (Å²) in [5, 5.41) is 3.57. The Hall–Kier alpha value is -1.02. The summed E-state index contributed by atoms with van der Waals surface area (Å²) in [6.07, 6.45) is 4.02. The SMILES string of the molecule is Cc1cccc(OCCNC2CCC(C)C2)c1. The topological polar surface area (TPSA) is 21.3 Å². The van der Waals surface area contributed by atoms with Gasteiger partial charge in [0.25, 0.3) is 0 Å². The second kappa shape index (κ2) is 6.06. The van der Waals surface area contributed by atoms with Crippen LogP contribution in [0.1, 0.15) is 31.7 Å². The van der Waals surface area contributed by atoms with Gasteiger partial charge in [0.2, 0.25) is 0 Å². The summed E-state index contributed by atoms with van der Waals surface area (Å²) in [5.41, 5.74) is 1.25. The Morgan fingerprint density at radius 2 is 2.24 bits per heavy atom. The van der Waals surface area contributed by atoms with E-state index < -0.39 is 0 Å². The number of hydrogen-bond acceptors (Lipinski definition) is 2. The van der Waals surface area contributed by atoms with Gasteiger partial charge >= 0.3 is 0 Å². The first-order valence-electron chi connectivity index (χ1n) is 6.67. The van der Waals surface area contributed by atoms with Gasteiger partial charge in [-0.05, 0) is 49.8 Å². The van der Waals surface area contributed by atoms with E-state index in [1.54, 1.807) is 0 Å². The highest BCUT2D eigenvalue weighted by Crippen LogP contribution is 2.24. The molecule has 2 rings (SSSR count). The van der Waals surface area contributed by atoms with Crippen LogP contribution in [0.3, 0.4) is 0 Å². The molecule has 2 atom stereocenters. The molecular formula is C15H23NO. The van der Waals surface area contributed by atoms with E-state index in [0.717, 1.165) is 24.8 Å². The molecule has 1 aliphatic rings. The lowest BCUT2D eigenvalue weighted by Gasteiger charge is -2.13. The minimum absolute atomic E-state index is 0.714. The van der Waals surface area contributed by atoms with Gasteiger partial charge in [-0.2, -0.15) is 0 Å². The first-order chi connectivity index (χ1) is 8.24. The largest absolute Gasteiger partial charge is 0.492 e. The monoisotopic (exact) mass is 233 g/mol. The quantitative estimate of drug-likeness (QED) is 0.789. The fourth-order valence-corrected chi connectivity index (χ4v) is 2.53. The summed E-state index contributed by atoms with van der Waals surface area (Å²) < 4.78 is 5.71. The zero-order chi connectivity index (χ0) is 12.1. The van der Waals surface area contributed by atoms with Gasteiger partial charge in [-0.15, -0.1) is 0 Å². The van der Waals surface area contributed by atoms with Crippen LogP contribution in [-0.4, -0.2) is 19.2 Å². The van der Waals surface area contributed by atoms with Gasteiger partial charge < -0.3 is 10.1 Å².